The third-order valence-electron chi connectivity index (χ3n) is 6.92. The highest BCUT2D eigenvalue weighted by Gasteiger charge is 2.25. The Kier molecular flexibility index (Phi) is 6.85. The van der Waals surface area contributed by atoms with Crippen molar-refractivity contribution in [3.63, 3.8) is 0 Å². The lowest BCUT2D eigenvalue weighted by Crippen LogP contribution is -2.38. The van der Waals surface area contributed by atoms with E-state index in [9.17, 15) is 4.79 Å². The number of anilines is 1. The summed E-state index contributed by atoms with van der Waals surface area (Å²) in [6, 6.07) is 12.3. The standard InChI is InChI=1S/C27H32N8O/c1-3-22-15-24(26(36)34-14-6-4-5-7-18(34)2)32-25-16-23(33-35(22)25)19-8-10-20(11-9-19)30-27(29-17-28)31-21-12-13-21/h8-11,15-16,18,21H,3-7,12-14H2,1-2H3,(H2,29,30,31). The lowest BCUT2D eigenvalue weighted by Gasteiger charge is -2.27. The molecule has 0 spiro atoms. The normalized spacial score (nSPS) is 18.5. The van der Waals surface area contributed by atoms with Gasteiger partial charge in [0.1, 0.15) is 5.69 Å². The molecule has 1 aliphatic carbocycles. The molecule has 1 atom stereocenters. The van der Waals surface area contributed by atoms with Crippen molar-refractivity contribution in [3.05, 3.63) is 47.8 Å². The first kappa shape index (κ1) is 23.8. The van der Waals surface area contributed by atoms with Crippen LogP contribution in [0.15, 0.2) is 41.4 Å². The Hall–Kier alpha value is -3.93. The van der Waals surface area contributed by atoms with Crippen molar-refractivity contribution in [2.45, 2.75) is 70.9 Å². The molecule has 3 heterocycles. The van der Waals surface area contributed by atoms with Gasteiger partial charge in [-0.05, 0) is 57.2 Å². The number of nitrogens with zero attached hydrogens (tertiary/aromatic N) is 6. The Morgan fingerprint density at radius 3 is 2.69 bits per heavy atom. The molecule has 2 aliphatic rings. The number of nitriles is 1. The van der Waals surface area contributed by atoms with Gasteiger partial charge in [0.2, 0.25) is 12.2 Å². The molecule has 1 unspecified atom stereocenters. The van der Waals surface area contributed by atoms with Crippen molar-refractivity contribution in [2.75, 3.05) is 11.9 Å². The zero-order valence-electron chi connectivity index (χ0n) is 20.9. The average Bonchev–Trinajstić information content (AvgIpc) is 3.64. The molecule has 186 valence electrons. The molecule has 0 bridgehead atoms. The third-order valence-corrected chi connectivity index (χ3v) is 6.92. The molecule has 1 saturated heterocycles. The maximum atomic E-state index is 13.4. The van der Waals surface area contributed by atoms with Crippen LogP contribution in [0, 0.1) is 11.5 Å². The van der Waals surface area contributed by atoms with Crippen LogP contribution in [0.3, 0.4) is 0 Å². The van der Waals surface area contributed by atoms with E-state index in [4.69, 9.17) is 15.3 Å². The van der Waals surface area contributed by atoms with E-state index in [0.29, 0.717) is 23.3 Å². The second kappa shape index (κ2) is 10.4. The van der Waals surface area contributed by atoms with Gasteiger partial charge < -0.3 is 15.5 Å². The zero-order valence-corrected chi connectivity index (χ0v) is 20.9. The summed E-state index contributed by atoms with van der Waals surface area (Å²) in [5.74, 6) is 0.475. The molecule has 2 fully saturated rings. The van der Waals surface area contributed by atoms with Crippen LogP contribution in [0.1, 0.15) is 68.6 Å². The Labute approximate surface area is 211 Å². The first-order chi connectivity index (χ1) is 17.6. The quantitative estimate of drug-likeness (QED) is 0.316. The van der Waals surface area contributed by atoms with Crippen molar-refractivity contribution >= 4 is 23.2 Å². The van der Waals surface area contributed by atoms with Crippen molar-refractivity contribution in [2.24, 2.45) is 4.99 Å². The van der Waals surface area contributed by atoms with Crippen molar-refractivity contribution < 1.29 is 4.79 Å². The molecule has 1 amide bonds. The van der Waals surface area contributed by atoms with Gasteiger partial charge in [-0.25, -0.2) is 9.50 Å². The maximum Gasteiger partial charge on any atom is 0.272 e. The number of benzene rings is 1. The van der Waals surface area contributed by atoms with Gasteiger partial charge in [-0.3, -0.25) is 4.79 Å². The first-order valence-electron chi connectivity index (χ1n) is 12.9. The van der Waals surface area contributed by atoms with E-state index >= 15 is 0 Å². The lowest BCUT2D eigenvalue weighted by molar-refractivity contribution is 0.0692. The summed E-state index contributed by atoms with van der Waals surface area (Å²) in [4.78, 5) is 23.9. The van der Waals surface area contributed by atoms with Crippen LogP contribution in [0.5, 0.6) is 0 Å². The highest BCUT2D eigenvalue weighted by atomic mass is 16.2. The molecule has 5 rings (SSSR count). The van der Waals surface area contributed by atoms with E-state index in [1.54, 1.807) is 0 Å². The number of aliphatic imine (C=N–C) groups is 1. The second-order valence-electron chi connectivity index (χ2n) is 9.66. The number of likely N-dealkylation sites (tertiary alicyclic amines) is 1. The molecular weight excluding hydrogens is 452 g/mol. The minimum absolute atomic E-state index is 0.00872. The van der Waals surface area contributed by atoms with Crippen LogP contribution in [0.4, 0.5) is 5.69 Å². The summed E-state index contributed by atoms with van der Waals surface area (Å²) in [6.45, 7) is 4.99. The SMILES string of the molecule is CCc1cc(C(=O)N2CCCCCC2C)nc2cc(-c3ccc(N/C(=N/C#N)NC4CC4)cc3)nn12. The number of aromatic nitrogens is 3. The fourth-order valence-electron chi connectivity index (χ4n) is 4.69. The molecule has 2 aromatic heterocycles. The third kappa shape index (κ3) is 5.18. The van der Waals surface area contributed by atoms with E-state index in [2.05, 4.69) is 29.5 Å². The number of guanidine groups is 1. The number of fused-ring (bicyclic) bond motifs is 1. The van der Waals surface area contributed by atoms with Gasteiger partial charge in [0.05, 0.1) is 5.69 Å². The highest BCUT2D eigenvalue weighted by molar-refractivity contribution is 5.95. The van der Waals surface area contributed by atoms with E-state index < -0.39 is 0 Å². The lowest BCUT2D eigenvalue weighted by atomic mass is 10.1. The summed E-state index contributed by atoms with van der Waals surface area (Å²) >= 11 is 0. The maximum absolute atomic E-state index is 13.4. The minimum atomic E-state index is 0.00872. The molecule has 3 aromatic rings. The van der Waals surface area contributed by atoms with Gasteiger partial charge in [-0.15, -0.1) is 4.99 Å². The first-order valence-corrected chi connectivity index (χ1v) is 12.9. The fourth-order valence-corrected chi connectivity index (χ4v) is 4.69. The average molecular weight is 485 g/mol. The zero-order chi connectivity index (χ0) is 25.1. The van der Waals surface area contributed by atoms with Crippen LogP contribution in [-0.4, -0.2) is 50.0 Å². The van der Waals surface area contributed by atoms with Gasteiger partial charge in [-0.2, -0.15) is 10.4 Å². The van der Waals surface area contributed by atoms with Crippen LogP contribution in [0.25, 0.3) is 16.9 Å². The largest absolute Gasteiger partial charge is 0.352 e. The summed E-state index contributed by atoms with van der Waals surface area (Å²) in [5, 5.41) is 20.1. The summed E-state index contributed by atoms with van der Waals surface area (Å²) in [6.07, 6.45) is 9.19. The Balaban J connectivity index is 1.39. The van der Waals surface area contributed by atoms with Gasteiger partial charge in [0.25, 0.3) is 5.91 Å². The van der Waals surface area contributed by atoms with Gasteiger partial charge in [-0.1, -0.05) is 31.9 Å². The molecule has 9 heteroatoms. The molecule has 9 nitrogen and oxygen atoms in total. The van der Waals surface area contributed by atoms with Crippen molar-refractivity contribution in [1.29, 1.82) is 5.26 Å². The number of aryl methyl sites for hydroxylation is 1. The molecule has 0 radical (unpaired) electrons. The second-order valence-corrected chi connectivity index (χ2v) is 9.66. The van der Waals surface area contributed by atoms with Crippen LogP contribution in [-0.2, 0) is 6.42 Å². The Morgan fingerprint density at radius 1 is 1.17 bits per heavy atom. The topological polar surface area (TPSA) is 111 Å². The smallest absolute Gasteiger partial charge is 0.272 e. The van der Waals surface area contributed by atoms with E-state index in [1.807, 2.05) is 52.0 Å². The summed E-state index contributed by atoms with van der Waals surface area (Å²) in [7, 11) is 0. The van der Waals surface area contributed by atoms with Gasteiger partial charge in [0, 0.05) is 41.6 Å². The molecule has 2 N–H and O–H groups in total. The summed E-state index contributed by atoms with van der Waals surface area (Å²) < 4.78 is 1.83. The van der Waals surface area contributed by atoms with Crippen LogP contribution >= 0.6 is 0 Å². The monoisotopic (exact) mass is 484 g/mol. The molecule has 1 aliphatic heterocycles. The molecule has 1 saturated carbocycles. The number of hydrogen-bond donors (Lipinski definition) is 2. The number of carbonyl (C=O) groups excluding carboxylic acids is 1. The Bertz CT molecular complexity index is 1320. The molecule has 1 aromatic carbocycles. The van der Waals surface area contributed by atoms with Crippen LogP contribution < -0.4 is 10.6 Å². The number of rotatable bonds is 5. The Morgan fingerprint density at radius 2 is 1.97 bits per heavy atom. The van der Waals surface area contributed by atoms with E-state index in [0.717, 1.165) is 61.3 Å². The van der Waals surface area contributed by atoms with Crippen LogP contribution in [0.2, 0.25) is 0 Å². The van der Waals surface area contributed by atoms with E-state index in [1.165, 1.54) is 12.8 Å². The molecular formula is C27H32N8O. The minimum Gasteiger partial charge on any atom is -0.352 e. The predicted octanol–water partition coefficient (Wildman–Crippen LogP) is 4.36. The highest BCUT2D eigenvalue weighted by Crippen LogP contribution is 2.24. The molecule has 36 heavy (non-hydrogen) atoms. The van der Waals surface area contributed by atoms with Gasteiger partial charge >= 0.3 is 0 Å². The predicted molar refractivity (Wildman–Crippen MR) is 140 cm³/mol. The van der Waals surface area contributed by atoms with Gasteiger partial charge in [0.15, 0.2) is 5.65 Å². The number of hydrogen-bond acceptors (Lipinski definition) is 5. The van der Waals surface area contributed by atoms with Crippen molar-refractivity contribution in [1.82, 2.24) is 24.8 Å². The van der Waals surface area contributed by atoms with Crippen molar-refractivity contribution in [3.8, 4) is 17.5 Å². The number of amides is 1. The van der Waals surface area contributed by atoms with E-state index in [-0.39, 0.29) is 11.9 Å². The fraction of sp³-hybridized carbons (Fsp3) is 0.444. The number of nitrogens with one attached hydrogen (secondary N) is 2. The summed E-state index contributed by atoms with van der Waals surface area (Å²) in [5.41, 5.74) is 4.69. The number of carbonyl (C=O) groups is 1.